The van der Waals surface area contributed by atoms with E-state index in [1.54, 1.807) is 14.2 Å². The highest BCUT2D eigenvalue weighted by atomic mass is 16.5. The molecule has 0 fully saturated rings. The first-order valence-electron chi connectivity index (χ1n) is 20.0. The predicted molar refractivity (Wildman–Crippen MR) is 248 cm³/mol. The van der Waals surface area contributed by atoms with Gasteiger partial charge in [-0.25, -0.2) is 0 Å². The van der Waals surface area contributed by atoms with Crippen LogP contribution >= 0.6 is 0 Å². The number of ether oxygens (including phenoxy) is 2. The highest BCUT2D eigenvalue weighted by molar-refractivity contribution is 6.15. The lowest BCUT2D eigenvalue weighted by Gasteiger charge is -2.27. The van der Waals surface area contributed by atoms with Crippen molar-refractivity contribution in [2.75, 3.05) is 24.0 Å². The lowest BCUT2D eigenvalue weighted by Crippen LogP contribution is -2.11. The molecule has 9 aromatic carbocycles. The summed E-state index contributed by atoms with van der Waals surface area (Å²) in [5.41, 5.74) is 11.9. The molecule has 0 radical (unpaired) electrons. The molecular weight excluding hydrogens is 723 g/mol. The van der Waals surface area contributed by atoms with E-state index in [1.807, 2.05) is 24.3 Å². The van der Waals surface area contributed by atoms with E-state index in [0.29, 0.717) is 0 Å². The second kappa shape index (κ2) is 14.8. The summed E-state index contributed by atoms with van der Waals surface area (Å²) in [5, 5.41) is 7.07. The number of rotatable bonds is 9. The van der Waals surface area contributed by atoms with E-state index >= 15 is 0 Å². The monoisotopic (exact) mass is 765 g/mol. The van der Waals surface area contributed by atoms with Crippen LogP contribution in [0, 0.1) is 13.8 Å². The molecule has 0 saturated carbocycles. The van der Waals surface area contributed by atoms with E-state index in [0.717, 1.165) is 67.7 Å². The van der Waals surface area contributed by atoms with Crippen LogP contribution in [0.15, 0.2) is 188 Å². The van der Waals surface area contributed by atoms with E-state index in [-0.39, 0.29) is 0 Å². The number of nitrogens with zero attached hydrogens (tertiary/aromatic N) is 3. The molecule has 0 unspecified atom stereocenters. The van der Waals surface area contributed by atoms with Gasteiger partial charge in [0.1, 0.15) is 11.5 Å². The quantitative estimate of drug-likeness (QED) is 0.146. The third kappa shape index (κ3) is 6.28. The smallest absolute Gasteiger partial charge is 0.142 e. The summed E-state index contributed by atoms with van der Waals surface area (Å²) < 4.78 is 14.3. The molecule has 0 atom stereocenters. The van der Waals surface area contributed by atoms with Crippen LogP contribution in [0.25, 0.3) is 49.0 Å². The van der Waals surface area contributed by atoms with E-state index in [9.17, 15) is 0 Å². The summed E-state index contributed by atoms with van der Waals surface area (Å²) in [6.07, 6.45) is 0. The van der Waals surface area contributed by atoms with Crippen LogP contribution in [-0.4, -0.2) is 18.8 Å². The van der Waals surface area contributed by atoms with Crippen LogP contribution in [0.4, 0.5) is 34.1 Å². The Hall–Kier alpha value is -7.50. The van der Waals surface area contributed by atoms with Crippen molar-refractivity contribution in [3.63, 3.8) is 0 Å². The van der Waals surface area contributed by atoms with E-state index in [2.05, 4.69) is 192 Å². The molecule has 0 aliphatic carbocycles. The number of hydrogen-bond acceptors (Lipinski definition) is 4. The van der Waals surface area contributed by atoms with Gasteiger partial charge in [0.25, 0.3) is 0 Å². The average Bonchev–Trinajstić information content (AvgIpc) is 3.59. The van der Waals surface area contributed by atoms with Crippen molar-refractivity contribution in [3.8, 4) is 17.2 Å². The third-order valence-electron chi connectivity index (χ3n) is 11.5. The summed E-state index contributed by atoms with van der Waals surface area (Å²) in [6, 6.07) is 67.4. The van der Waals surface area contributed by atoms with Gasteiger partial charge in [0, 0.05) is 38.9 Å². The molecule has 0 saturated heterocycles. The van der Waals surface area contributed by atoms with E-state index < -0.39 is 0 Å². The molecule has 5 nitrogen and oxygen atoms in total. The highest BCUT2D eigenvalue weighted by Crippen LogP contribution is 2.45. The Labute approximate surface area is 344 Å². The molecule has 59 heavy (non-hydrogen) atoms. The maximum absolute atomic E-state index is 5.96. The lowest BCUT2D eigenvalue weighted by atomic mass is 10.0. The van der Waals surface area contributed by atoms with Crippen LogP contribution in [0.1, 0.15) is 11.1 Å². The maximum atomic E-state index is 5.96. The minimum atomic E-state index is 0.803. The van der Waals surface area contributed by atoms with Gasteiger partial charge < -0.3 is 23.8 Å². The second-order valence-electron chi connectivity index (χ2n) is 15.1. The molecule has 5 heteroatoms. The van der Waals surface area contributed by atoms with Gasteiger partial charge in [0.2, 0.25) is 0 Å². The molecule has 0 aliphatic heterocycles. The fourth-order valence-electron chi connectivity index (χ4n) is 8.55. The summed E-state index contributed by atoms with van der Waals surface area (Å²) in [6.45, 7) is 4.24. The van der Waals surface area contributed by atoms with Crippen LogP contribution in [0.5, 0.6) is 11.5 Å². The van der Waals surface area contributed by atoms with Gasteiger partial charge in [0.05, 0.1) is 42.3 Å². The molecule has 0 amide bonds. The predicted octanol–water partition coefficient (Wildman–Crippen LogP) is 14.7. The first kappa shape index (κ1) is 35.9. The number of aryl methyl sites for hydroxylation is 2. The number of anilines is 6. The Morgan fingerprint density at radius 3 is 1.54 bits per heavy atom. The second-order valence-corrected chi connectivity index (χ2v) is 15.1. The molecule has 0 spiro atoms. The summed E-state index contributed by atoms with van der Waals surface area (Å²) in [5.74, 6) is 1.61. The van der Waals surface area contributed by atoms with Crippen molar-refractivity contribution in [2.45, 2.75) is 13.8 Å². The SMILES string of the molecule is COc1ccccc1N(c1ccc(C)cc1)c1ccc2cc3c4ccc(N(c5ccc(C)cc5)c5ccccc5OC)cc4n(-c4cccc5ccccc45)c3cc2c1. The fraction of sp³-hybridized carbons (Fsp3) is 0.0741. The number of benzene rings is 9. The van der Waals surface area contributed by atoms with Gasteiger partial charge >= 0.3 is 0 Å². The number of aromatic nitrogens is 1. The molecule has 0 N–H and O–H groups in total. The Balaban J connectivity index is 1.24. The summed E-state index contributed by atoms with van der Waals surface area (Å²) >= 11 is 0. The zero-order chi connectivity index (χ0) is 40.0. The highest BCUT2D eigenvalue weighted by Gasteiger charge is 2.22. The third-order valence-corrected chi connectivity index (χ3v) is 11.5. The number of hydrogen-bond donors (Lipinski definition) is 0. The van der Waals surface area contributed by atoms with Crippen molar-refractivity contribution in [3.05, 3.63) is 199 Å². The van der Waals surface area contributed by atoms with Gasteiger partial charge in [-0.3, -0.25) is 0 Å². The van der Waals surface area contributed by atoms with Crippen LogP contribution in [0.3, 0.4) is 0 Å². The fourth-order valence-corrected chi connectivity index (χ4v) is 8.55. The molecule has 286 valence electrons. The number of fused-ring (bicyclic) bond motifs is 5. The van der Waals surface area contributed by atoms with Gasteiger partial charge in [-0.15, -0.1) is 0 Å². The summed E-state index contributed by atoms with van der Waals surface area (Å²) in [7, 11) is 3.47. The van der Waals surface area contributed by atoms with E-state index in [1.165, 1.54) is 38.1 Å². The Morgan fingerprint density at radius 1 is 0.373 bits per heavy atom. The molecule has 1 heterocycles. The standard InChI is InChI=1S/C54H43N3O2/c1-36-20-25-41(26-21-36)55(49-15-7-9-18-53(49)58-3)43-29-24-39-33-47-46-31-30-44(56(42-27-22-37(2)23-28-42)50-16-8-10-19-54(50)59-4)35-52(46)57(51(47)34-40(39)32-43)48-17-11-13-38-12-5-6-14-45(38)48/h5-35H,1-4H3. The lowest BCUT2D eigenvalue weighted by molar-refractivity contribution is 0.416. The van der Waals surface area contributed by atoms with Gasteiger partial charge in [-0.1, -0.05) is 108 Å². The zero-order valence-electron chi connectivity index (χ0n) is 33.6. The molecular formula is C54H43N3O2. The van der Waals surface area contributed by atoms with Crippen LogP contribution in [0.2, 0.25) is 0 Å². The van der Waals surface area contributed by atoms with Crippen LogP contribution < -0.4 is 19.3 Å². The van der Waals surface area contributed by atoms with Crippen molar-refractivity contribution >= 4 is 77.5 Å². The normalized spacial score (nSPS) is 11.4. The van der Waals surface area contributed by atoms with Crippen molar-refractivity contribution in [1.82, 2.24) is 4.57 Å². The largest absolute Gasteiger partial charge is 0.495 e. The van der Waals surface area contributed by atoms with Gasteiger partial charge in [-0.05, 0) is 121 Å². The minimum Gasteiger partial charge on any atom is -0.495 e. The molecule has 0 aliphatic rings. The van der Waals surface area contributed by atoms with Crippen molar-refractivity contribution in [1.29, 1.82) is 0 Å². The van der Waals surface area contributed by atoms with Crippen molar-refractivity contribution in [2.24, 2.45) is 0 Å². The Bertz CT molecular complexity index is 3160. The van der Waals surface area contributed by atoms with Crippen LogP contribution in [-0.2, 0) is 0 Å². The first-order valence-corrected chi connectivity index (χ1v) is 20.0. The molecule has 1 aromatic heterocycles. The van der Waals surface area contributed by atoms with Gasteiger partial charge in [-0.2, -0.15) is 0 Å². The van der Waals surface area contributed by atoms with Gasteiger partial charge in [0.15, 0.2) is 0 Å². The maximum Gasteiger partial charge on any atom is 0.142 e. The Morgan fingerprint density at radius 2 is 0.898 bits per heavy atom. The zero-order valence-corrected chi connectivity index (χ0v) is 33.6. The molecule has 0 bridgehead atoms. The first-order chi connectivity index (χ1) is 29.0. The average molecular weight is 766 g/mol. The molecule has 10 rings (SSSR count). The van der Waals surface area contributed by atoms with E-state index in [4.69, 9.17) is 9.47 Å². The topological polar surface area (TPSA) is 29.9 Å². The number of methoxy groups -OCH3 is 2. The minimum absolute atomic E-state index is 0.803. The summed E-state index contributed by atoms with van der Waals surface area (Å²) in [4.78, 5) is 4.58. The van der Waals surface area contributed by atoms with Crippen molar-refractivity contribution < 1.29 is 9.47 Å². The number of para-hydroxylation sites is 4. The Kier molecular flexibility index (Phi) is 8.99. The molecule has 10 aromatic rings.